The lowest BCUT2D eigenvalue weighted by Gasteiger charge is -2.38. The van der Waals surface area contributed by atoms with Gasteiger partial charge in [0.15, 0.2) is 0 Å². The van der Waals surface area contributed by atoms with Crippen LogP contribution in [0.25, 0.3) is 0 Å². The fraction of sp³-hybridized carbons (Fsp3) is 1.00. The number of hydrogen-bond acceptors (Lipinski definition) is 3. The number of rotatable bonds is 4. The third-order valence-corrected chi connectivity index (χ3v) is 4.34. The summed E-state index contributed by atoms with van der Waals surface area (Å²) >= 11 is 0. The van der Waals surface area contributed by atoms with E-state index in [1.165, 1.54) is 12.8 Å². The Labute approximate surface area is 95.1 Å². The molecule has 1 aliphatic heterocycles. The number of hydrogen-bond donors (Lipinski definition) is 1. The number of nitrogens with zero attached hydrogens (tertiary/aromatic N) is 1. The van der Waals surface area contributed by atoms with E-state index in [9.17, 15) is 4.21 Å². The van der Waals surface area contributed by atoms with E-state index in [1.54, 1.807) is 6.26 Å². The van der Waals surface area contributed by atoms with Crippen molar-refractivity contribution in [3.05, 3.63) is 0 Å². The Morgan fingerprint density at radius 2 is 2.20 bits per heavy atom. The van der Waals surface area contributed by atoms with E-state index in [1.807, 2.05) is 0 Å². The minimum atomic E-state index is -0.651. The van der Waals surface area contributed by atoms with Crippen LogP contribution in [0.5, 0.6) is 0 Å². The van der Waals surface area contributed by atoms with Crippen molar-refractivity contribution in [2.75, 3.05) is 31.6 Å². The molecule has 1 saturated heterocycles. The molecule has 1 aliphatic carbocycles. The summed E-state index contributed by atoms with van der Waals surface area (Å²) in [7, 11) is -0.651. The van der Waals surface area contributed by atoms with E-state index < -0.39 is 10.8 Å². The fourth-order valence-corrected chi connectivity index (χ4v) is 2.81. The first kappa shape index (κ1) is 11.6. The van der Waals surface area contributed by atoms with Crippen molar-refractivity contribution in [1.82, 2.24) is 10.2 Å². The van der Waals surface area contributed by atoms with Gasteiger partial charge in [-0.2, -0.15) is 0 Å². The molecule has 1 heterocycles. The van der Waals surface area contributed by atoms with Crippen LogP contribution in [0.2, 0.25) is 0 Å². The van der Waals surface area contributed by atoms with E-state index in [4.69, 9.17) is 0 Å². The molecular weight excluding hydrogens is 208 g/mol. The van der Waals surface area contributed by atoms with Crippen LogP contribution >= 0.6 is 0 Å². The molecule has 3 unspecified atom stereocenters. The quantitative estimate of drug-likeness (QED) is 0.760. The fourth-order valence-electron chi connectivity index (χ4n) is 2.32. The van der Waals surface area contributed by atoms with Gasteiger partial charge in [-0.15, -0.1) is 0 Å². The van der Waals surface area contributed by atoms with Crippen molar-refractivity contribution in [2.45, 2.75) is 31.8 Å². The average Bonchev–Trinajstić information content (AvgIpc) is 3.00. The molecule has 0 bridgehead atoms. The van der Waals surface area contributed by atoms with E-state index in [0.717, 1.165) is 31.3 Å². The van der Waals surface area contributed by atoms with Gasteiger partial charge in [-0.3, -0.25) is 9.11 Å². The highest BCUT2D eigenvalue weighted by Crippen LogP contribution is 2.34. The third-order valence-electron chi connectivity index (χ3n) is 3.59. The molecule has 0 amide bonds. The van der Waals surface area contributed by atoms with Crippen LogP contribution in [-0.4, -0.2) is 52.8 Å². The summed E-state index contributed by atoms with van der Waals surface area (Å²) in [5.74, 6) is 1.74. The summed E-state index contributed by atoms with van der Waals surface area (Å²) in [4.78, 5) is 2.50. The standard InChI is InChI=1S/C11H22N2OS/c1-9-7-12-11(10-3-4-10)8-13(9)5-6-15(2)14/h9-12H,3-8H2,1-2H3. The van der Waals surface area contributed by atoms with Crippen LogP contribution in [0.4, 0.5) is 0 Å². The molecule has 0 aromatic carbocycles. The molecule has 0 aromatic rings. The molecular formula is C11H22N2OS. The molecule has 2 aliphatic rings. The van der Waals surface area contributed by atoms with E-state index in [-0.39, 0.29) is 0 Å². The van der Waals surface area contributed by atoms with Gasteiger partial charge >= 0.3 is 0 Å². The van der Waals surface area contributed by atoms with Crippen LogP contribution in [0.1, 0.15) is 19.8 Å². The van der Waals surface area contributed by atoms with Crippen LogP contribution in [0.15, 0.2) is 0 Å². The summed E-state index contributed by atoms with van der Waals surface area (Å²) in [5.41, 5.74) is 0. The monoisotopic (exact) mass is 230 g/mol. The minimum absolute atomic E-state index is 0.601. The van der Waals surface area contributed by atoms with E-state index in [2.05, 4.69) is 17.1 Å². The highest BCUT2D eigenvalue weighted by molar-refractivity contribution is 7.84. The van der Waals surface area contributed by atoms with E-state index >= 15 is 0 Å². The van der Waals surface area contributed by atoms with Gasteiger partial charge in [-0.1, -0.05) is 0 Å². The normalized spacial score (nSPS) is 35.3. The highest BCUT2D eigenvalue weighted by atomic mass is 32.2. The van der Waals surface area contributed by atoms with Crippen molar-refractivity contribution in [3.8, 4) is 0 Å². The predicted molar refractivity (Wildman–Crippen MR) is 64.5 cm³/mol. The summed E-state index contributed by atoms with van der Waals surface area (Å²) in [5, 5.41) is 3.63. The first-order valence-corrected chi connectivity index (χ1v) is 7.67. The summed E-state index contributed by atoms with van der Waals surface area (Å²) in [6.45, 7) is 5.50. The first-order chi connectivity index (χ1) is 7.16. The molecule has 1 N–H and O–H groups in total. The first-order valence-electron chi connectivity index (χ1n) is 5.94. The highest BCUT2D eigenvalue weighted by Gasteiger charge is 2.35. The van der Waals surface area contributed by atoms with Gasteiger partial charge in [0.1, 0.15) is 0 Å². The van der Waals surface area contributed by atoms with Gasteiger partial charge in [-0.25, -0.2) is 0 Å². The van der Waals surface area contributed by atoms with Gasteiger partial charge in [0.2, 0.25) is 0 Å². The lowest BCUT2D eigenvalue weighted by molar-refractivity contribution is 0.141. The van der Waals surface area contributed by atoms with Crippen molar-refractivity contribution >= 4 is 10.8 Å². The van der Waals surface area contributed by atoms with Gasteiger partial charge < -0.3 is 5.32 Å². The van der Waals surface area contributed by atoms with Crippen molar-refractivity contribution in [3.63, 3.8) is 0 Å². The van der Waals surface area contributed by atoms with Gasteiger partial charge in [0.05, 0.1) is 0 Å². The molecule has 0 aromatic heterocycles. The van der Waals surface area contributed by atoms with Crippen molar-refractivity contribution < 1.29 is 4.21 Å². The lowest BCUT2D eigenvalue weighted by Crippen LogP contribution is -2.56. The largest absolute Gasteiger partial charge is 0.311 e. The molecule has 1 saturated carbocycles. The van der Waals surface area contributed by atoms with Crippen LogP contribution in [-0.2, 0) is 10.8 Å². The van der Waals surface area contributed by atoms with Crippen molar-refractivity contribution in [1.29, 1.82) is 0 Å². The van der Waals surface area contributed by atoms with Crippen LogP contribution in [0.3, 0.4) is 0 Å². The number of piperazine rings is 1. The van der Waals surface area contributed by atoms with Crippen LogP contribution in [0, 0.1) is 5.92 Å². The third kappa shape index (κ3) is 3.26. The van der Waals surface area contributed by atoms with Crippen molar-refractivity contribution in [2.24, 2.45) is 5.92 Å². The number of nitrogens with one attached hydrogen (secondary N) is 1. The zero-order valence-corrected chi connectivity index (χ0v) is 10.6. The molecule has 2 fully saturated rings. The lowest BCUT2D eigenvalue weighted by atomic mass is 10.1. The smallest absolute Gasteiger partial charge is 0.0359 e. The van der Waals surface area contributed by atoms with Crippen LogP contribution < -0.4 is 5.32 Å². The SMILES string of the molecule is CC1CNC(C2CC2)CN1CCS(C)=O. The molecule has 3 nitrogen and oxygen atoms in total. The maximum absolute atomic E-state index is 11.1. The molecule has 15 heavy (non-hydrogen) atoms. The maximum atomic E-state index is 11.1. The van der Waals surface area contributed by atoms with Gasteiger partial charge in [0.25, 0.3) is 0 Å². The minimum Gasteiger partial charge on any atom is -0.311 e. The second-order valence-electron chi connectivity index (χ2n) is 4.97. The zero-order chi connectivity index (χ0) is 10.8. The maximum Gasteiger partial charge on any atom is 0.0359 e. The molecule has 4 heteroatoms. The second kappa shape index (κ2) is 4.93. The molecule has 0 spiro atoms. The Morgan fingerprint density at radius 3 is 2.80 bits per heavy atom. The Balaban J connectivity index is 1.81. The van der Waals surface area contributed by atoms with Gasteiger partial charge in [0, 0.05) is 54.5 Å². The second-order valence-corrected chi connectivity index (χ2v) is 6.53. The molecule has 2 rings (SSSR count). The molecule has 3 atom stereocenters. The molecule has 0 radical (unpaired) electrons. The Morgan fingerprint density at radius 1 is 1.47 bits per heavy atom. The van der Waals surface area contributed by atoms with E-state index in [0.29, 0.717) is 12.1 Å². The summed E-state index contributed by atoms with van der Waals surface area (Å²) in [6, 6.07) is 1.30. The average molecular weight is 230 g/mol. The summed E-state index contributed by atoms with van der Waals surface area (Å²) < 4.78 is 11.1. The predicted octanol–water partition coefficient (Wildman–Crippen LogP) is 0.437. The zero-order valence-electron chi connectivity index (χ0n) is 9.74. The Bertz CT molecular complexity index is 243. The Hall–Kier alpha value is 0.0700. The summed E-state index contributed by atoms with van der Waals surface area (Å²) in [6.07, 6.45) is 4.60. The Kier molecular flexibility index (Phi) is 3.80. The topological polar surface area (TPSA) is 32.3 Å². The van der Waals surface area contributed by atoms with Gasteiger partial charge in [-0.05, 0) is 25.7 Å². The molecule has 88 valence electrons.